The van der Waals surface area contributed by atoms with Gasteiger partial charge in [-0.15, -0.1) is 0 Å². The highest BCUT2D eigenvalue weighted by molar-refractivity contribution is 5.28. The highest BCUT2D eigenvalue weighted by atomic mass is 16.3. The Morgan fingerprint density at radius 3 is 2.83 bits per heavy atom. The molecule has 0 spiro atoms. The summed E-state index contributed by atoms with van der Waals surface area (Å²) in [4.78, 5) is 3.93. The number of nitrogens with zero attached hydrogens (tertiary/aromatic N) is 4. The Bertz CT molecular complexity index is 610. The summed E-state index contributed by atoms with van der Waals surface area (Å²) in [6, 6.07) is 5.62. The molecule has 0 saturated carbocycles. The highest BCUT2D eigenvalue weighted by Crippen LogP contribution is 2.14. The topological polar surface area (TPSA) is 74.7 Å². The third-order valence-corrected chi connectivity index (χ3v) is 2.96. The molecule has 0 unspecified atom stereocenters. The molecule has 92 valence electrons. The average Bonchev–Trinajstić information content (AvgIpc) is 2.64. The van der Waals surface area contributed by atoms with Gasteiger partial charge in [0.2, 0.25) is 0 Å². The SMILES string of the molecule is Cc1nn(Cc2ccnc(C#N)c2)c(C)c1CO. The van der Waals surface area contributed by atoms with Crippen molar-refractivity contribution < 1.29 is 5.11 Å². The van der Waals surface area contributed by atoms with Crippen molar-refractivity contribution in [3.8, 4) is 6.07 Å². The number of rotatable bonds is 3. The van der Waals surface area contributed by atoms with Gasteiger partial charge >= 0.3 is 0 Å². The molecular weight excluding hydrogens is 228 g/mol. The van der Waals surface area contributed by atoms with E-state index in [0.717, 1.165) is 22.5 Å². The number of aliphatic hydroxyl groups is 1. The predicted molar refractivity (Wildman–Crippen MR) is 65.7 cm³/mol. The molecule has 0 aliphatic carbocycles. The number of nitriles is 1. The molecule has 2 rings (SSSR count). The van der Waals surface area contributed by atoms with Gasteiger partial charge in [0.25, 0.3) is 0 Å². The second-order valence-electron chi connectivity index (χ2n) is 4.13. The van der Waals surface area contributed by atoms with E-state index in [1.807, 2.05) is 30.7 Å². The maximum atomic E-state index is 9.25. The summed E-state index contributed by atoms with van der Waals surface area (Å²) >= 11 is 0. The van der Waals surface area contributed by atoms with E-state index in [2.05, 4.69) is 10.1 Å². The Morgan fingerprint density at radius 2 is 2.22 bits per heavy atom. The second kappa shape index (κ2) is 4.98. The first-order valence-electron chi connectivity index (χ1n) is 5.64. The van der Waals surface area contributed by atoms with Crippen molar-refractivity contribution in [2.75, 3.05) is 0 Å². The number of hydrogen-bond donors (Lipinski definition) is 1. The summed E-state index contributed by atoms with van der Waals surface area (Å²) in [5, 5.41) is 22.4. The van der Waals surface area contributed by atoms with Gasteiger partial charge in [0.1, 0.15) is 11.8 Å². The Balaban J connectivity index is 2.32. The summed E-state index contributed by atoms with van der Waals surface area (Å²) in [5.41, 5.74) is 4.02. The largest absolute Gasteiger partial charge is 0.392 e. The minimum absolute atomic E-state index is 0.00252. The van der Waals surface area contributed by atoms with Crippen molar-refractivity contribution in [2.24, 2.45) is 0 Å². The Hall–Kier alpha value is -2.19. The van der Waals surface area contributed by atoms with Gasteiger partial charge in [-0.1, -0.05) is 0 Å². The molecule has 5 heteroatoms. The van der Waals surface area contributed by atoms with E-state index in [9.17, 15) is 5.11 Å². The lowest BCUT2D eigenvalue weighted by molar-refractivity contribution is 0.280. The number of pyridine rings is 1. The molecular formula is C13H14N4O. The van der Waals surface area contributed by atoms with Gasteiger partial charge in [-0.05, 0) is 31.5 Å². The fourth-order valence-corrected chi connectivity index (χ4v) is 1.92. The van der Waals surface area contributed by atoms with Gasteiger partial charge < -0.3 is 5.11 Å². The molecule has 0 fully saturated rings. The van der Waals surface area contributed by atoms with Gasteiger partial charge in [-0.25, -0.2) is 4.98 Å². The summed E-state index contributed by atoms with van der Waals surface area (Å²) in [6.45, 7) is 4.38. The van der Waals surface area contributed by atoms with Crippen LogP contribution < -0.4 is 0 Å². The number of aryl methyl sites for hydroxylation is 1. The van der Waals surface area contributed by atoms with Crippen LogP contribution in [0.2, 0.25) is 0 Å². The van der Waals surface area contributed by atoms with Crippen LogP contribution in [-0.4, -0.2) is 19.9 Å². The first kappa shape index (κ1) is 12.3. The highest BCUT2D eigenvalue weighted by Gasteiger charge is 2.10. The standard InChI is InChI=1S/C13H14N4O/c1-9-13(8-18)10(2)17(16-9)7-11-3-4-15-12(5-11)6-14/h3-5,18H,7-8H2,1-2H3. The molecule has 18 heavy (non-hydrogen) atoms. The minimum Gasteiger partial charge on any atom is -0.392 e. The molecule has 2 aromatic heterocycles. The van der Waals surface area contributed by atoms with Gasteiger partial charge in [0.15, 0.2) is 0 Å². The quantitative estimate of drug-likeness (QED) is 0.880. The van der Waals surface area contributed by atoms with Crippen molar-refractivity contribution in [3.63, 3.8) is 0 Å². The molecule has 0 radical (unpaired) electrons. The summed E-state index contributed by atoms with van der Waals surface area (Å²) in [7, 11) is 0. The van der Waals surface area contributed by atoms with Gasteiger partial charge in [0.05, 0.1) is 18.8 Å². The molecule has 0 aliphatic heterocycles. The first-order chi connectivity index (χ1) is 8.65. The maximum absolute atomic E-state index is 9.25. The van der Waals surface area contributed by atoms with Crippen LogP contribution in [-0.2, 0) is 13.2 Å². The molecule has 1 N–H and O–H groups in total. The molecule has 5 nitrogen and oxygen atoms in total. The average molecular weight is 242 g/mol. The Labute approximate surface area is 105 Å². The fraction of sp³-hybridized carbons (Fsp3) is 0.308. The van der Waals surface area contributed by atoms with E-state index in [4.69, 9.17) is 5.26 Å². The van der Waals surface area contributed by atoms with Crippen LogP contribution in [0.3, 0.4) is 0 Å². The van der Waals surface area contributed by atoms with E-state index < -0.39 is 0 Å². The molecule has 0 aliphatic rings. The molecule has 2 aromatic rings. The lowest BCUT2D eigenvalue weighted by Gasteiger charge is -2.05. The van der Waals surface area contributed by atoms with E-state index >= 15 is 0 Å². The van der Waals surface area contributed by atoms with Crippen LogP contribution in [0, 0.1) is 25.2 Å². The number of aromatic nitrogens is 3. The number of hydrogen-bond acceptors (Lipinski definition) is 4. The third kappa shape index (κ3) is 2.24. The predicted octanol–water partition coefficient (Wildman–Crippen LogP) is 1.31. The van der Waals surface area contributed by atoms with Crippen LogP contribution in [0.4, 0.5) is 0 Å². The monoisotopic (exact) mass is 242 g/mol. The van der Waals surface area contributed by atoms with Crippen molar-refractivity contribution in [2.45, 2.75) is 27.0 Å². The molecule has 0 bridgehead atoms. The van der Waals surface area contributed by atoms with Crippen molar-refractivity contribution in [1.29, 1.82) is 5.26 Å². The van der Waals surface area contributed by atoms with Crippen molar-refractivity contribution in [1.82, 2.24) is 14.8 Å². The van der Waals surface area contributed by atoms with Gasteiger partial charge in [-0.2, -0.15) is 10.4 Å². The molecule has 0 saturated heterocycles. The van der Waals surface area contributed by atoms with Crippen molar-refractivity contribution in [3.05, 3.63) is 46.5 Å². The van der Waals surface area contributed by atoms with E-state index in [1.54, 1.807) is 12.3 Å². The summed E-state index contributed by atoms with van der Waals surface area (Å²) in [5.74, 6) is 0. The van der Waals surface area contributed by atoms with Crippen molar-refractivity contribution >= 4 is 0 Å². The van der Waals surface area contributed by atoms with E-state index in [0.29, 0.717) is 12.2 Å². The Morgan fingerprint density at radius 1 is 1.44 bits per heavy atom. The molecule has 0 atom stereocenters. The normalized spacial score (nSPS) is 10.3. The smallest absolute Gasteiger partial charge is 0.140 e. The fourth-order valence-electron chi connectivity index (χ4n) is 1.92. The third-order valence-electron chi connectivity index (χ3n) is 2.96. The Kier molecular flexibility index (Phi) is 3.40. The second-order valence-corrected chi connectivity index (χ2v) is 4.13. The number of aliphatic hydroxyl groups excluding tert-OH is 1. The minimum atomic E-state index is -0.00252. The summed E-state index contributed by atoms with van der Waals surface area (Å²) < 4.78 is 1.83. The zero-order valence-corrected chi connectivity index (χ0v) is 10.4. The maximum Gasteiger partial charge on any atom is 0.140 e. The van der Waals surface area contributed by atoms with Gasteiger partial charge in [0, 0.05) is 17.5 Å². The zero-order valence-electron chi connectivity index (χ0n) is 10.4. The molecule has 2 heterocycles. The molecule has 0 amide bonds. The van der Waals surface area contributed by atoms with Gasteiger partial charge in [-0.3, -0.25) is 4.68 Å². The summed E-state index contributed by atoms with van der Waals surface area (Å²) in [6.07, 6.45) is 1.62. The van der Waals surface area contributed by atoms with Crippen LogP contribution in [0.15, 0.2) is 18.3 Å². The lowest BCUT2D eigenvalue weighted by atomic mass is 10.2. The molecule has 0 aromatic carbocycles. The van der Waals surface area contributed by atoms with E-state index in [1.165, 1.54) is 0 Å². The lowest BCUT2D eigenvalue weighted by Crippen LogP contribution is -2.05. The van der Waals surface area contributed by atoms with Crippen LogP contribution in [0.25, 0.3) is 0 Å². The first-order valence-corrected chi connectivity index (χ1v) is 5.64. The van der Waals surface area contributed by atoms with E-state index in [-0.39, 0.29) is 6.61 Å². The van der Waals surface area contributed by atoms with Crippen LogP contribution in [0.5, 0.6) is 0 Å². The zero-order chi connectivity index (χ0) is 13.1. The van der Waals surface area contributed by atoms with Crippen LogP contribution >= 0.6 is 0 Å². The van der Waals surface area contributed by atoms with Crippen LogP contribution in [0.1, 0.15) is 28.2 Å².